The zero-order valence-corrected chi connectivity index (χ0v) is 24.5. The molecule has 1 fully saturated rings. The number of amides is 1. The number of carbonyl (C=O) groups excluding carboxylic acids is 2. The van der Waals surface area contributed by atoms with Crippen LogP contribution in [0.1, 0.15) is 42.5 Å². The van der Waals surface area contributed by atoms with Crippen LogP contribution in [0.5, 0.6) is 5.75 Å². The Morgan fingerprint density at radius 1 is 1.00 bits per heavy atom. The van der Waals surface area contributed by atoms with Crippen molar-refractivity contribution in [3.63, 3.8) is 0 Å². The van der Waals surface area contributed by atoms with Gasteiger partial charge in [0.15, 0.2) is 17.4 Å². The van der Waals surface area contributed by atoms with E-state index in [1.165, 1.54) is 25.3 Å². The molecule has 0 aliphatic carbocycles. The number of rotatable bonds is 12. The van der Waals surface area contributed by atoms with Crippen molar-refractivity contribution in [2.24, 2.45) is 0 Å². The van der Waals surface area contributed by atoms with Crippen molar-refractivity contribution in [1.82, 2.24) is 14.9 Å². The molecule has 1 aromatic heterocycles. The summed E-state index contributed by atoms with van der Waals surface area (Å²) in [6.45, 7) is 1.40. The van der Waals surface area contributed by atoms with Crippen molar-refractivity contribution in [2.45, 2.75) is 37.0 Å². The fourth-order valence-corrected chi connectivity index (χ4v) is 5.93. The van der Waals surface area contributed by atoms with E-state index < -0.39 is 10.0 Å². The Bertz CT molecular complexity index is 1750. The number of halogens is 1. The van der Waals surface area contributed by atoms with Gasteiger partial charge < -0.3 is 15.0 Å². The third kappa shape index (κ3) is 6.80. The molecule has 42 heavy (non-hydrogen) atoms. The molecule has 3 aromatic carbocycles. The van der Waals surface area contributed by atoms with Crippen molar-refractivity contribution in [1.29, 1.82) is 0 Å². The molecule has 10 nitrogen and oxygen atoms in total. The summed E-state index contributed by atoms with van der Waals surface area (Å²) in [4.78, 5) is 35.5. The predicted molar refractivity (Wildman–Crippen MR) is 162 cm³/mol. The van der Waals surface area contributed by atoms with Gasteiger partial charge in [-0.15, -0.1) is 0 Å². The maximum absolute atomic E-state index is 13.5. The standard InChI is InChI=1S/C30H30ClN5O5S/c1-41-21-14-15-23(31)26(19-21)34-29-30(33-25-11-3-2-10-24(25)32-29)35-42(39,40)22-9-6-8-20(18-22)27(37)12-4-5-16-36-17-7-13-28(36)38/h2-3,6,8-11,14-15,18-19H,4-5,7,12-13,16-17H2,1H3,(H,32,34)(H,33,35). The molecule has 1 aliphatic rings. The summed E-state index contributed by atoms with van der Waals surface area (Å²) in [6.07, 6.45) is 3.04. The number of hydrogen-bond donors (Lipinski definition) is 2. The fraction of sp³-hybridized carbons (Fsp3) is 0.267. The molecule has 4 aromatic rings. The maximum atomic E-state index is 13.5. The first-order valence-corrected chi connectivity index (χ1v) is 15.4. The van der Waals surface area contributed by atoms with Gasteiger partial charge in [-0.25, -0.2) is 18.4 Å². The van der Waals surface area contributed by atoms with Crippen LogP contribution in [0.25, 0.3) is 11.0 Å². The Morgan fingerprint density at radius 3 is 2.48 bits per heavy atom. The Labute approximate surface area is 249 Å². The van der Waals surface area contributed by atoms with Gasteiger partial charge in [0, 0.05) is 37.6 Å². The lowest BCUT2D eigenvalue weighted by Gasteiger charge is -2.15. The number of Topliss-reactive ketones (excluding diaryl/α,β-unsaturated/α-hetero) is 1. The van der Waals surface area contributed by atoms with Gasteiger partial charge in [0.05, 0.1) is 33.7 Å². The van der Waals surface area contributed by atoms with Crippen molar-refractivity contribution < 1.29 is 22.7 Å². The largest absolute Gasteiger partial charge is 0.497 e. The van der Waals surface area contributed by atoms with E-state index in [-0.39, 0.29) is 34.6 Å². The molecule has 0 bridgehead atoms. The van der Waals surface area contributed by atoms with Crippen molar-refractivity contribution in [2.75, 3.05) is 30.2 Å². The normalized spacial score (nSPS) is 13.4. The number of ether oxygens (including phenoxy) is 1. The number of sulfonamides is 1. The number of anilines is 3. The lowest BCUT2D eigenvalue weighted by molar-refractivity contribution is -0.127. The van der Waals surface area contributed by atoms with Crippen LogP contribution in [0.15, 0.2) is 71.6 Å². The van der Waals surface area contributed by atoms with E-state index in [0.717, 1.165) is 13.0 Å². The molecule has 12 heteroatoms. The summed E-state index contributed by atoms with van der Waals surface area (Å²) in [7, 11) is -2.64. The van der Waals surface area contributed by atoms with Gasteiger partial charge in [0.2, 0.25) is 5.91 Å². The van der Waals surface area contributed by atoms with Gasteiger partial charge in [0.1, 0.15) is 5.75 Å². The number of methoxy groups -OCH3 is 1. The number of carbonyl (C=O) groups is 2. The lowest BCUT2D eigenvalue weighted by Crippen LogP contribution is -2.25. The minimum atomic E-state index is -4.16. The first-order valence-electron chi connectivity index (χ1n) is 13.5. The first-order chi connectivity index (χ1) is 20.2. The minimum absolute atomic E-state index is 0.0409. The van der Waals surface area contributed by atoms with Gasteiger partial charge in [0.25, 0.3) is 10.0 Å². The molecule has 0 saturated carbocycles. The molecule has 2 heterocycles. The second-order valence-electron chi connectivity index (χ2n) is 9.88. The van der Waals surface area contributed by atoms with E-state index in [1.807, 2.05) is 4.90 Å². The smallest absolute Gasteiger partial charge is 0.263 e. The van der Waals surface area contributed by atoms with Crippen LogP contribution >= 0.6 is 11.6 Å². The zero-order valence-electron chi connectivity index (χ0n) is 23.0. The molecule has 2 N–H and O–H groups in total. The quantitative estimate of drug-likeness (QED) is 0.152. The van der Waals surface area contributed by atoms with Gasteiger partial charge in [-0.3, -0.25) is 14.3 Å². The Kier molecular flexibility index (Phi) is 8.89. The SMILES string of the molecule is COc1ccc(Cl)c(Nc2nc3ccccc3nc2NS(=O)(=O)c2cccc(C(=O)CCCCN3CCCC3=O)c2)c1. The number of ketones is 1. The number of para-hydroxylation sites is 2. The highest BCUT2D eigenvalue weighted by Gasteiger charge is 2.22. The van der Waals surface area contributed by atoms with Crippen LogP contribution in [-0.4, -0.2) is 55.2 Å². The van der Waals surface area contributed by atoms with Crippen LogP contribution in [0.3, 0.4) is 0 Å². The number of unbranched alkanes of at least 4 members (excludes halogenated alkanes) is 1. The lowest BCUT2D eigenvalue weighted by atomic mass is 10.1. The summed E-state index contributed by atoms with van der Waals surface area (Å²) in [6, 6.07) is 18.0. The van der Waals surface area contributed by atoms with Gasteiger partial charge in [-0.05, 0) is 55.7 Å². The summed E-state index contributed by atoms with van der Waals surface area (Å²) in [5.41, 5.74) is 1.77. The number of nitrogens with zero attached hydrogens (tertiary/aromatic N) is 3. The first kappa shape index (κ1) is 29.3. The van der Waals surface area contributed by atoms with Crippen molar-refractivity contribution in [3.8, 4) is 5.75 Å². The van der Waals surface area contributed by atoms with E-state index >= 15 is 0 Å². The van der Waals surface area contributed by atoms with Crippen LogP contribution in [0.4, 0.5) is 17.3 Å². The molecule has 1 saturated heterocycles. The number of aromatic nitrogens is 2. The summed E-state index contributed by atoms with van der Waals surface area (Å²) >= 11 is 6.38. The predicted octanol–water partition coefficient (Wildman–Crippen LogP) is 5.81. The summed E-state index contributed by atoms with van der Waals surface area (Å²) < 4.78 is 34.9. The average molecular weight is 608 g/mol. The molecule has 0 atom stereocenters. The van der Waals surface area contributed by atoms with E-state index in [2.05, 4.69) is 20.0 Å². The summed E-state index contributed by atoms with van der Waals surface area (Å²) in [5.74, 6) is 0.633. The molecule has 218 valence electrons. The number of likely N-dealkylation sites (tertiary alicyclic amines) is 1. The molecule has 0 radical (unpaired) electrons. The Balaban J connectivity index is 1.35. The van der Waals surface area contributed by atoms with E-state index in [9.17, 15) is 18.0 Å². The molecule has 1 aliphatic heterocycles. The van der Waals surface area contributed by atoms with E-state index in [4.69, 9.17) is 16.3 Å². The molecule has 0 unspecified atom stereocenters. The van der Waals surface area contributed by atoms with Gasteiger partial charge in [-0.1, -0.05) is 35.9 Å². The molecule has 0 spiro atoms. The maximum Gasteiger partial charge on any atom is 0.263 e. The average Bonchev–Trinajstić information content (AvgIpc) is 3.40. The van der Waals surface area contributed by atoms with Gasteiger partial charge >= 0.3 is 0 Å². The topological polar surface area (TPSA) is 131 Å². The molecular formula is C30H30ClN5O5S. The second-order valence-corrected chi connectivity index (χ2v) is 12.0. The highest BCUT2D eigenvalue weighted by Crippen LogP contribution is 2.33. The van der Waals surface area contributed by atoms with E-state index in [0.29, 0.717) is 58.9 Å². The number of nitrogens with one attached hydrogen (secondary N) is 2. The number of fused-ring (bicyclic) bond motifs is 1. The summed E-state index contributed by atoms with van der Waals surface area (Å²) in [5, 5.41) is 3.44. The second kappa shape index (κ2) is 12.7. The Hall–Kier alpha value is -4.22. The number of hydrogen-bond acceptors (Lipinski definition) is 8. The third-order valence-electron chi connectivity index (χ3n) is 6.95. The van der Waals surface area contributed by atoms with Crippen LogP contribution in [0, 0.1) is 0 Å². The zero-order chi connectivity index (χ0) is 29.7. The van der Waals surface area contributed by atoms with Gasteiger partial charge in [-0.2, -0.15) is 0 Å². The highest BCUT2D eigenvalue weighted by atomic mass is 35.5. The fourth-order valence-electron chi connectivity index (χ4n) is 4.71. The van der Waals surface area contributed by atoms with Crippen LogP contribution < -0.4 is 14.8 Å². The van der Waals surface area contributed by atoms with Crippen molar-refractivity contribution in [3.05, 3.63) is 77.3 Å². The monoisotopic (exact) mass is 607 g/mol. The highest BCUT2D eigenvalue weighted by molar-refractivity contribution is 7.92. The Morgan fingerprint density at radius 2 is 1.76 bits per heavy atom. The van der Waals surface area contributed by atoms with E-state index in [1.54, 1.807) is 48.5 Å². The van der Waals surface area contributed by atoms with Crippen LogP contribution in [-0.2, 0) is 14.8 Å². The van der Waals surface area contributed by atoms with Crippen molar-refractivity contribution >= 4 is 61.7 Å². The molecule has 5 rings (SSSR count). The third-order valence-corrected chi connectivity index (χ3v) is 8.61. The van der Waals surface area contributed by atoms with Crippen LogP contribution in [0.2, 0.25) is 5.02 Å². The minimum Gasteiger partial charge on any atom is -0.497 e. The number of benzene rings is 3. The molecule has 1 amide bonds. The molecular weight excluding hydrogens is 578 g/mol.